The summed E-state index contributed by atoms with van der Waals surface area (Å²) in [7, 11) is 0. The number of hydrogen-bond acceptors (Lipinski definition) is 1. The quantitative estimate of drug-likeness (QED) is 0.347. The summed E-state index contributed by atoms with van der Waals surface area (Å²) < 4.78 is 5.98. The Hall–Kier alpha value is -0.831. The Morgan fingerprint density at radius 2 is 1.28 bits per heavy atom. The van der Waals surface area contributed by atoms with Crippen LogP contribution in [0.15, 0.2) is 48.7 Å². The number of rotatable bonds is 11. The van der Waals surface area contributed by atoms with E-state index in [1.165, 1.54) is 66.7 Å². The van der Waals surface area contributed by atoms with Crippen molar-refractivity contribution in [2.75, 3.05) is 0 Å². The first kappa shape index (κ1) is 20.5. The zero-order valence-electron chi connectivity index (χ0n) is 16.4. The van der Waals surface area contributed by atoms with Gasteiger partial charge in [0.25, 0.3) is 0 Å². The zero-order chi connectivity index (χ0) is 18.0. The van der Waals surface area contributed by atoms with Gasteiger partial charge in [-0.05, 0) is 0 Å². The molecule has 136 valence electrons. The SMILES string of the molecule is CCC[CH2][Sn]([CH2]CCC)([CH2]CCC)[c]1cc(-c2ccccc2)ccn1. The van der Waals surface area contributed by atoms with Crippen molar-refractivity contribution >= 4 is 22.1 Å². The molecule has 25 heavy (non-hydrogen) atoms. The molecule has 1 aromatic heterocycles. The van der Waals surface area contributed by atoms with Crippen molar-refractivity contribution in [1.82, 2.24) is 4.98 Å². The first-order valence-electron chi connectivity index (χ1n) is 10.3. The first-order chi connectivity index (χ1) is 12.3. The summed E-state index contributed by atoms with van der Waals surface area (Å²) in [6.45, 7) is 7.01. The summed E-state index contributed by atoms with van der Waals surface area (Å²) in [5, 5.41) is 0. The molecule has 0 fully saturated rings. The molecule has 0 spiro atoms. The van der Waals surface area contributed by atoms with Crippen LogP contribution in [0.2, 0.25) is 13.3 Å². The maximum absolute atomic E-state index is 4.99. The average molecular weight is 444 g/mol. The van der Waals surface area contributed by atoms with Crippen LogP contribution >= 0.6 is 0 Å². The molecule has 0 saturated heterocycles. The van der Waals surface area contributed by atoms with Crippen LogP contribution in [0, 0.1) is 0 Å². The molecule has 0 unspecified atom stereocenters. The zero-order valence-corrected chi connectivity index (χ0v) is 19.3. The van der Waals surface area contributed by atoms with E-state index < -0.39 is 18.4 Å². The molecule has 2 rings (SSSR count). The van der Waals surface area contributed by atoms with E-state index in [9.17, 15) is 0 Å². The van der Waals surface area contributed by atoms with E-state index in [-0.39, 0.29) is 0 Å². The van der Waals surface area contributed by atoms with Crippen molar-refractivity contribution in [3.8, 4) is 11.1 Å². The van der Waals surface area contributed by atoms with Crippen LogP contribution in [-0.2, 0) is 0 Å². The van der Waals surface area contributed by atoms with E-state index in [0.717, 1.165) is 0 Å². The molecule has 2 aromatic rings. The molecular formula is C23H35NSn. The topological polar surface area (TPSA) is 12.9 Å². The van der Waals surface area contributed by atoms with Gasteiger partial charge in [0.2, 0.25) is 0 Å². The second kappa shape index (κ2) is 11.0. The second-order valence-corrected chi connectivity index (χ2v) is 20.4. The molecule has 0 atom stereocenters. The van der Waals surface area contributed by atoms with Crippen LogP contribution in [0.4, 0.5) is 0 Å². The third-order valence-corrected chi connectivity index (χ3v) is 20.5. The minimum absolute atomic E-state index is 1.31. The monoisotopic (exact) mass is 445 g/mol. The molecular weight excluding hydrogens is 409 g/mol. The van der Waals surface area contributed by atoms with Crippen molar-refractivity contribution in [2.45, 2.75) is 72.6 Å². The standard InChI is InChI=1S/C11H8N.3C4H9.Sn/c1-2-4-10(5-3-1)11-6-8-12-9-7-11;3*1-3-4-2;/h1-8H;3*1,3-4H2,2H3;. The maximum atomic E-state index is 4.99. The molecule has 0 amide bonds. The fourth-order valence-corrected chi connectivity index (χ4v) is 19.3. The number of pyridine rings is 1. The minimum atomic E-state index is -2.41. The van der Waals surface area contributed by atoms with Gasteiger partial charge in [-0.3, -0.25) is 0 Å². The summed E-state index contributed by atoms with van der Waals surface area (Å²) in [4.78, 5) is 4.99. The van der Waals surface area contributed by atoms with Gasteiger partial charge in [0, 0.05) is 0 Å². The van der Waals surface area contributed by atoms with Crippen molar-refractivity contribution in [1.29, 1.82) is 0 Å². The van der Waals surface area contributed by atoms with Gasteiger partial charge in [-0.2, -0.15) is 0 Å². The van der Waals surface area contributed by atoms with Gasteiger partial charge in [-0.1, -0.05) is 0 Å². The van der Waals surface area contributed by atoms with Crippen molar-refractivity contribution in [2.24, 2.45) is 0 Å². The molecule has 2 heteroatoms. The molecule has 0 radical (unpaired) electrons. The van der Waals surface area contributed by atoms with Crippen molar-refractivity contribution in [3.05, 3.63) is 48.7 Å². The van der Waals surface area contributed by atoms with E-state index in [2.05, 4.69) is 69.4 Å². The van der Waals surface area contributed by atoms with Gasteiger partial charge in [0.05, 0.1) is 0 Å². The molecule has 0 aliphatic heterocycles. The molecule has 1 heterocycles. The van der Waals surface area contributed by atoms with E-state index in [1.54, 1.807) is 0 Å². The normalized spacial score (nSPS) is 11.6. The number of nitrogens with zero attached hydrogens (tertiary/aromatic N) is 1. The van der Waals surface area contributed by atoms with Gasteiger partial charge < -0.3 is 0 Å². The number of benzene rings is 1. The molecule has 0 N–H and O–H groups in total. The number of aromatic nitrogens is 1. The van der Waals surface area contributed by atoms with Crippen LogP contribution in [0.3, 0.4) is 0 Å². The fraction of sp³-hybridized carbons (Fsp3) is 0.522. The van der Waals surface area contributed by atoms with Crippen LogP contribution in [0.1, 0.15) is 59.3 Å². The third-order valence-electron chi connectivity index (χ3n) is 5.44. The van der Waals surface area contributed by atoms with Gasteiger partial charge in [-0.25, -0.2) is 0 Å². The van der Waals surface area contributed by atoms with Crippen LogP contribution in [0.25, 0.3) is 11.1 Å². The Kier molecular flexibility index (Phi) is 9.01. The Balaban J connectivity index is 2.40. The Morgan fingerprint density at radius 3 is 1.80 bits per heavy atom. The fourth-order valence-electron chi connectivity index (χ4n) is 3.84. The predicted octanol–water partition coefficient (Wildman–Crippen LogP) is 6.80. The van der Waals surface area contributed by atoms with Crippen LogP contribution in [0.5, 0.6) is 0 Å². The van der Waals surface area contributed by atoms with Crippen molar-refractivity contribution < 1.29 is 0 Å². The summed E-state index contributed by atoms with van der Waals surface area (Å²) >= 11 is -2.41. The van der Waals surface area contributed by atoms with Gasteiger partial charge in [0.15, 0.2) is 0 Å². The second-order valence-electron chi connectivity index (χ2n) is 7.39. The Labute approximate surface area is 159 Å². The van der Waals surface area contributed by atoms with Crippen LogP contribution in [-0.4, -0.2) is 23.4 Å². The molecule has 1 aromatic carbocycles. The van der Waals surface area contributed by atoms with Crippen LogP contribution < -0.4 is 3.71 Å². The molecule has 0 saturated carbocycles. The first-order valence-corrected chi connectivity index (χ1v) is 17.8. The predicted molar refractivity (Wildman–Crippen MR) is 114 cm³/mol. The Morgan fingerprint density at radius 1 is 0.720 bits per heavy atom. The molecule has 0 aliphatic rings. The summed E-state index contributed by atoms with van der Waals surface area (Å²) in [6, 6.07) is 15.5. The molecule has 0 aliphatic carbocycles. The molecule has 0 bridgehead atoms. The summed E-state index contributed by atoms with van der Waals surface area (Å²) in [6.07, 6.45) is 10.2. The van der Waals surface area contributed by atoms with E-state index in [1.807, 2.05) is 0 Å². The number of unbranched alkanes of at least 4 members (excludes halogenated alkanes) is 3. The van der Waals surface area contributed by atoms with Gasteiger partial charge >= 0.3 is 159 Å². The Bertz CT molecular complexity index is 587. The van der Waals surface area contributed by atoms with Gasteiger partial charge in [0.1, 0.15) is 0 Å². The summed E-state index contributed by atoms with van der Waals surface area (Å²) in [5.41, 5.74) is 2.68. The van der Waals surface area contributed by atoms with Crippen molar-refractivity contribution in [3.63, 3.8) is 0 Å². The average Bonchev–Trinajstić information content (AvgIpc) is 2.68. The summed E-state index contributed by atoms with van der Waals surface area (Å²) in [5.74, 6) is 0. The van der Waals surface area contributed by atoms with E-state index in [0.29, 0.717) is 0 Å². The number of hydrogen-bond donors (Lipinski definition) is 0. The van der Waals surface area contributed by atoms with E-state index in [4.69, 9.17) is 4.98 Å². The van der Waals surface area contributed by atoms with E-state index >= 15 is 0 Å². The third kappa shape index (κ3) is 5.84. The molecule has 1 nitrogen and oxygen atoms in total. The van der Waals surface area contributed by atoms with Gasteiger partial charge in [-0.15, -0.1) is 0 Å².